The van der Waals surface area contributed by atoms with Crippen LogP contribution in [0.25, 0.3) is 0 Å². The fraction of sp³-hybridized carbons (Fsp3) is 0.500. The normalized spacial score (nSPS) is 13.1. The highest BCUT2D eigenvalue weighted by atomic mass is 32.1. The van der Waals surface area contributed by atoms with E-state index in [1.54, 1.807) is 0 Å². The van der Waals surface area contributed by atoms with Gasteiger partial charge in [0.1, 0.15) is 0 Å². The van der Waals surface area contributed by atoms with Crippen LogP contribution in [0, 0.1) is 5.92 Å². The first-order valence-corrected chi connectivity index (χ1v) is 8.10. The van der Waals surface area contributed by atoms with Crippen molar-refractivity contribution in [3.05, 3.63) is 38.5 Å². The minimum absolute atomic E-state index is 0.442. The van der Waals surface area contributed by atoms with Crippen LogP contribution < -0.4 is 5.32 Å². The molecule has 0 radical (unpaired) electrons. The molecule has 1 unspecified atom stereocenters. The summed E-state index contributed by atoms with van der Waals surface area (Å²) in [4.78, 5) is 7.15. The van der Waals surface area contributed by atoms with Gasteiger partial charge in [-0.05, 0) is 23.8 Å². The van der Waals surface area contributed by atoms with Crippen LogP contribution in [0.3, 0.4) is 0 Å². The predicted molar refractivity (Wildman–Crippen MR) is 80.2 cm³/mol. The van der Waals surface area contributed by atoms with Crippen molar-refractivity contribution in [1.29, 1.82) is 0 Å². The molecule has 0 saturated heterocycles. The van der Waals surface area contributed by atoms with Crippen molar-refractivity contribution >= 4 is 22.7 Å². The van der Waals surface area contributed by atoms with E-state index >= 15 is 0 Å². The highest BCUT2D eigenvalue weighted by molar-refractivity contribution is 7.11. The average molecular weight is 280 g/mol. The van der Waals surface area contributed by atoms with Crippen molar-refractivity contribution in [2.24, 2.45) is 5.92 Å². The number of nitrogens with one attached hydrogen (secondary N) is 1. The molecule has 1 atom stereocenters. The van der Waals surface area contributed by atoms with Crippen molar-refractivity contribution in [2.75, 3.05) is 0 Å². The molecule has 0 aromatic carbocycles. The number of aryl methyl sites for hydroxylation is 1. The van der Waals surface area contributed by atoms with E-state index in [9.17, 15) is 0 Å². The zero-order chi connectivity index (χ0) is 13.0. The summed E-state index contributed by atoms with van der Waals surface area (Å²) in [7, 11) is 0. The Morgan fingerprint density at radius 2 is 2.22 bits per heavy atom. The van der Waals surface area contributed by atoms with Crippen molar-refractivity contribution in [1.82, 2.24) is 10.3 Å². The smallest absolute Gasteiger partial charge is 0.0925 e. The van der Waals surface area contributed by atoms with Crippen LogP contribution >= 0.6 is 22.7 Å². The van der Waals surface area contributed by atoms with Crippen LogP contribution in [0.1, 0.15) is 41.6 Å². The maximum atomic E-state index is 4.40. The van der Waals surface area contributed by atoms with E-state index in [4.69, 9.17) is 0 Å². The Bertz CT molecular complexity index is 460. The molecule has 2 aromatic rings. The van der Waals surface area contributed by atoms with Gasteiger partial charge in [-0.15, -0.1) is 22.7 Å². The van der Waals surface area contributed by atoms with Gasteiger partial charge in [-0.3, -0.25) is 0 Å². The molecule has 1 N–H and O–H groups in total. The number of hydrogen-bond acceptors (Lipinski definition) is 4. The molecular formula is C14H20N2S2. The summed E-state index contributed by atoms with van der Waals surface area (Å²) in [6, 6.07) is 4.78. The van der Waals surface area contributed by atoms with Gasteiger partial charge in [0.25, 0.3) is 0 Å². The SMILES string of the molecule is CCc1ncc(CNC(c2cccs2)C(C)C)s1. The van der Waals surface area contributed by atoms with Crippen molar-refractivity contribution in [2.45, 2.75) is 39.8 Å². The van der Waals surface area contributed by atoms with E-state index in [0.717, 1.165) is 13.0 Å². The molecule has 98 valence electrons. The molecule has 2 nitrogen and oxygen atoms in total. The van der Waals surface area contributed by atoms with Crippen LogP contribution in [-0.4, -0.2) is 4.98 Å². The summed E-state index contributed by atoms with van der Waals surface area (Å²) < 4.78 is 0. The average Bonchev–Trinajstić information content (AvgIpc) is 2.99. The van der Waals surface area contributed by atoms with Crippen LogP contribution in [0.15, 0.2) is 23.7 Å². The van der Waals surface area contributed by atoms with Gasteiger partial charge in [0.05, 0.1) is 5.01 Å². The third-order valence-corrected chi connectivity index (χ3v) is 5.01. The molecule has 0 aliphatic rings. The van der Waals surface area contributed by atoms with Gasteiger partial charge in [0, 0.05) is 28.5 Å². The molecule has 0 amide bonds. The van der Waals surface area contributed by atoms with E-state index in [-0.39, 0.29) is 0 Å². The molecule has 2 aromatic heterocycles. The third-order valence-electron chi connectivity index (χ3n) is 2.92. The summed E-state index contributed by atoms with van der Waals surface area (Å²) in [5, 5.41) is 7.03. The zero-order valence-electron chi connectivity index (χ0n) is 11.1. The lowest BCUT2D eigenvalue weighted by molar-refractivity contribution is 0.418. The molecule has 0 aliphatic heterocycles. The summed E-state index contributed by atoms with van der Waals surface area (Å²) in [5.41, 5.74) is 0. The molecule has 0 bridgehead atoms. The minimum Gasteiger partial charge on any atom is -0.304 e. The summed E-state index contributed by atoms with van der Waals surface area (Å²) >= 11 is 3.64. The van der Waals surface area contributed by atoms with Crippen molar-refractivity contribution in [3.63, 3.8) is 0 Å². The number of hydrogen-bond donors (Lipinski definition) is 1. The number of aromatic nitrogens is 1. The molecule has 18 heavy (non-hydrogen) atoms. The van der Waals surface area contributed by atoms with E-state index in [2.05, 4.69) is 48.6 Å². The Labute approximate surface area is 117 Å². The number of rotatable bonds is 6. The Morgan fingerprint density at radius 3 is 2.78 bits per heavy atom. The van der Waals surface area contributed by atoms with Crippen LogP contribution in [0.2, 0.25) is 0 Å². The first-order chi connectivity index (χ1) is 8.70. The standard InChI is InChI=1S/C14H20N2S2/c1-4-13-15-8-11(18-13)9-16-14(10(2)3)12-6-5-7-17-12/h5-8,10,14,16H,4,9H2,1-3H3. The minimum atomic E-state index is 0.442. The van der Waals surface area contributed by atoms with E-state index in [1.807, 2.05) is 28.9 Å². The lowest BCUT2D eigenvalue weighted by atomic mass is 10.0. The van der Waals surface area contributed by atoms with Gasteiger partial charge < -0.3 is 5.32 Å². The summed E-state index contributed by atoms with van der Waals surface area (Å²) in [5.74, 6) is 0.599. The quantitative estimate of drug-likeness (QED) is 0.855. The van der Waals surface area contributed by atoms with Gasteiger partial charge in [-0.1, -0.05) is 26.8 Å². The third kappa shape index (κ3) is 3.40. The van der Waals surface area contributed by atoms with Gasteiger partial charge in [-0.2, -0.15) is 0 Å². The fourth-order valence-electron chi connectivity index (χ4n) is 1.94. The van der Waals surface area contributed by atoms with Crippen LogP contribution in [0.5, 0.6) is 0 Å². The Balaban J connectivity index is 1.98. The number of thiazole rings is 1. The van der Waals surface area contributed by atoms with E-state index in [0.29, 0.717) is 12.0 Å². The Morgan fingerprint density at radius 1 is 1.39 bits per heavy atom. The zero-order valence-corrected chi connectivity index (χ0v) is 12.8. The maximum absolute atomic E-state index is 4.40. The second-order valence-electron chi connectivity index (χ2n) is 4.69. The maximum Gasteiger partial charge on any atom is 0.0925 e. The first kappa shape index (κ1) is 13.7. The largest absolute Gasteiger partial charge is 0.304 e. The summed E-state index contributed by atoms with van der Waals surface area (Å²) in [6.45, 7) is 7.60. The van der Waals surface area contributed by atoms with Gasteiger partial charge in [-0.25, -0.2) is 4.98 Å². The molecule has 4 heteroatoms. The highest BCUT2D eigenvalue weighted by Crippen LogP contribution is 2.26. The van der Waals surface area contributed by atoms with Crippen LogP contribution in [-0.2, 0) is 13.0 Å². The molecular weight excluding hydrogens is 260 g/mol. The van der Waals surface area contributed by atoms with Gasteiger partial charge >= 0.3 is 0 Å². The second-order valence-corrected chi connectivity index (χ2v) is 6.87. The Hall–Kier alpha value is -0.710. The lowest BCUT2D eigenvalue weighted by Crippen LogP contribution is -2.24. The van der Waals surface area contributed by atoms with Crippen molar-refractivity contribution in [3.8, 4) is 0 Å². The molecule has 2 rings (SSSR count). The first-order valence-electron chi connectivity index (χ1n) is 6.41. The van der Waals surface area contributed by atoms with Gasteiger partial charge in [0.15, 0.2) is 0 Å². The molecule has 0 saturated carbocycles. The van der Waals surface area contributed by atoms with Crippen LogP contribution in [0.4, 0.5) is 0 Å². The number of thiophene rings is 1. The van der Waals surface area contributed by atoms with Gasteiger partial charge in [0.2, 0.25) is 0 Å². The fourth-order valence-corrected chi connectivity index (χ4v) is 3.72. The highest BCUT2D eigenvalue weighted by Gasteiger charge is 2.16. The summed E-state index contributed by atoms with van der Waals surface area (Å²) in [6.07, 6.45) is 3.03. The molecule has 0 fully saturated rings. The molecule has 0 aliphatic carbocycles. The van der Waals surface area contributed by atoms with Crippen molar-refractivity contribution < 1.29 is 0 Å². The molecule has 2 heterocycles. The topological polar surface area (TPSA) is 24.9 Å². The molecule has 0 spiro atoms. The van der Waals surface area contributed by atoms with E-state index < -0.39 is 0 Å². The second kappa shape index (κ2) is 6.45. The predicted octanol–water partition coefficient (Wildman–Crippen LogP) is 4.25. The number of nitrogens with zero attached hydrogens (tertiary/aromatic N) is 1. The van der Waals surface area contributed by atoms with E-state index in [1.165, 1.54) is 14.8 Å². The monoisotopic (exact) mass is 280 g/mol. The Kier molecular flexibility index (Phi) is 4.92. The lowest BCUT2D eigenvalue weighted by Gasteiger charge is -2.20.